The van der Waals surface area contributed by atoms with E-state index in [-0.39, 0.29) is 40.4 Å². The van der Waals surface area contributed by atoms with Crippen molar-refractivity contribution in [3.8, 4) is 5.75 Å². The van der Waals surface area contributed by atoms with Gasteiger partial charge in [-0.2, -0.15) is 12.6 Å². The average Bonchev–Trinajstić information content (AvgIpc) is 2.70. The number of thiol groups is 1. The molecule has 3 nitrogen and oxygen atoms in total. The minimum atomic E-state index is -4.09. The van der Waals surface area contributed by atoms with E-state index in [2.05, 4.69) is 12.6 Å². The van der Waals surface area contributed by atoms with E-state index in [1.54, 1.807) is 0 Å². The molecule has 0 bridgehead atoms. The molecule has 0 radical (unpaired) electrons. The summed E-state index contributed by atoms with van der Waals surface area (Å²) in [6.07, 6.45) is 2.26. The maximum Gasteiger partial charge on any atom is 0.188 e. The number of halogens is 3. The van der Waals surface area contributed by atoms with Crippen molar-refractivity contribution in [3.63, 3.8) is 0 Å². The van der Waals surface area contributed by atoms with Crippen molar-refractivity contribution in [2.45, 2.75) is 47.5 Å². The molecule has 0 spiro atoms. The Hall–Kier alpha value is -1.31. The molecule has 0 amide bonds. The number of hydrogen-bond acceptors (Lipinski definition) is 4. The average molecular weight is 473 g/mol. The molecule has 0 aromatic heterocycles. The van der Waals surface area contributed by atoms with Crippen LogP contribution in [0, 0.1) is 23.5 Å². The normalized spacial score (nSPS) is 27.0. The van der Waals surface area contributed by atoms with E-state index in [4.69, 9.17) is 16.3 Å². The Balaban J connectivity index is 2.00. The molecule has 1 aliphatic carbocycles. The highest BCUT2D eigenvalue weighted by atomic mass is 35.5. The van der Waals surface area contributed by atoms with Gasteiger partial charge in [0.05, 0.1) is 17.1 Å². The van der Waals surface area contributed by atoms with E-state index in [0.717, 1.165) is 18.6 Å². The summed E-state index contributed by atoms with van der Waals surface area (Å²) in [4.78, 5) is 0.0491. The monoisotopic (exact) mass is 472 g/mol. The highest BCUT2D eigenvalue weighted by molar-refractivity contribution is 7.92. The molecule has 4 atom stereocenters. The van der Waals surface area contributed by atoms with Crippen LogP contribution in [0.25, 0.3) is 0 Å². The SMILES string of the molecule is CC(S)C[C@@H]1CCC[C@@]2(S(=O)(=O)c3ccc(Cl)cc3)c3c(F)ccc(F)c3OC[C@@H]12. The van der Waals surface area contributed by atoms with Crippen LogP contribution in [-0.2, 0) is 14.6 Å². The Kier molecular flexibility index (Phi) is 5.83. The van der Waals surface area contributed by atoms with E-state index in [9.17, 15) is 12.8 Å². The molecule has 1 saturated carbocycles. The van der Waals surface area contributed by atoms with Gasteiger partial charge in [-0.1, -0.05) is 24.9 Å². The molecule has 0 N–H and O–H groups in total. The van der Waals surface area contributed by atoms with Gasteiger partial charge in [0.15, 0.2) is 21.4 Å². The minimum Gasteiger partial charge on any atom is -0.490 e. The van der Waals surface area contributed by atoms with Gasteiger partial charge in [0.25, 0.3) is 0 Å². The predicted octanol–water partition coefficient (Wildman–Crippen LogP) is 5.80. The summed E-state index contributed by atoms with van der Waals surface area (Å²) in [6, 6.07) is 7.83. The van der Waals surface area contributed by atoms with Gasteiger partial charge in [-0.25, -0.2) is 17.2 Å². The molecule has 4 rings (SSSR count). The zero-order chi connectivity index (χ0) is 21.7. The molecule has 162 valence electrons. The number of hydrogen-bond donors (Lipinski definition) is 1. The first kappa shape index (κ1) is 21.9. The number of sulfone groups is 1. The van der Waals surface area contributed by atoms with Crippen LogP contribution >= 0.6 is 24.2 Å². The van der Waals surface area contributed by atoms with Crippen LogP contribution in [-0.4, -0.2) is 20.3 Å². The van der Waals surface area contributed by atoms with Crippen LogP contribution in [0.15, 0.2) is 41.3 Å². The lowest BCUT2D eigenvalue weighted by atomic mass is 9.66. The van der Waals surface area contributed by atoms with Crippen LogP contribution < -0.4 is 4.74 Å². The molecule has 2 aromatic carbocycles. The van der Waals surface area contributed by atoms with Crippen molar-refractivity contribution in [3.05, 3.63) is 58.6 Å². The van der Waals surface area contributed by atoms with Gasteiger partial charge >= 0.3 is 0 Å². The Labute approximate surface area is 186 Å². The van der Waals surface area contributed by atoms with Gasteiger partial charge in [0.2, 0.25) is 0 Å². The zero-order valence-corrected chi connectivity index (χ0v) is 18.9. The number of fused-ring (bicyclic) bond motifs is 3. The Morgan fingerprint density at radius 1 is 1.20 bits per heavy atom. The van der Waals surface area contributed by atoms with Gasteiger partial charge < -0.3 is 4.74 Å². The molecular formula is C22H23ClF2O3S2. The van der Waals surface area contributed by atoms with Crippen LogP contribution in [0.2, 0.25) is 5.02 Å². The quantitative estimate of drug-likeness (QED) is 0.571. The van der Waals surface area contributed by atoms with Crippen molar-refractivity contribution < 1.29 is 21.9 Å². The van der Waals surface area contributed by atoms with E-state index in [1.165, 1.54) is 24.3 Å². The number of rotatable bonds is 4. The topological polar surface area (TPSA) is 43.4 Å². The molecular weight excluding hydrogens is 450 g/mol. The fourth-order valence-electron chi connectivity index (χ4n) is 5.23. The first-order valence-electron chi connectivity index (χ1n) is 9.98. The van der Waals surface area contributed by atoms with Gasteiger partial charge in [0.1, 0.15) is 10.6 Å². The highest BCUT2D eigenvalue weighted by Gasteiger charge is 2.60. The summed E-state index contributed by atoms with van der Waals surface area (Å²) >= 11 is 10.5. The smallest absolute Gasteiger partial charge is 0.188 e. The Bertz CT molecular complexity index is 1060. The maximum atomic E-state index is 15.2. The lowest BCUT2D eigenvalue weighted by molar-refractivity contribution is 0.0713. The second-order valence-corrected chi connectivity index (χ2v) is 11.8. The summed E-state index contributed by atoms with van der Waals surface area (Å²) < 4.78 is 62.1. The molecule has 0 saturated heterocycles. The third-order valence-electron chi connectivity index (χ3n) is 6.43. The van der Waals surface area contributed by atoms with E-state index in [1.807, 2.05) is 6.92 Å². The van der Waals surface area contributed by atoms with Gasteiger partial charge in [0, 0.05) is 10.9 Å². The van der Waals surface area contributed by atoms with Crippen molar-refractivity contribution in [2.24, 2.45) is 11.8 Å². The van der Waals surface area contributed by atoms with Crippen LogP contribution in [0.5, 0.6) is 5.75 Å². The van der Waals surface area contributed by atoms with E-state index >= 15 is 4.39 Å². The van der Waals surface area contributed by atoms with Crippen LogP contribution in [0.1, 0.15) is 38.2 Å². The molecule has 1 aliphatic heterocycles. The third-order valence-corrected chi connectivity index (χ3v) is 9.45. The lowest BCUT2D eigenvalue weighted by Gasteiger charge is -2.50. The van der Waals surface area contributed by atoms with Crippen molar-refractivity contribution in [1.82, 2.24) is 0 Å². The molecule has 2 aliphatic rings. The highest BCUT2D eigenvalue weighted by Crippen LogP contribution is 2.58. The van der Waals surface area contributed by atoms with E-state index in [0.29, 0.717) is 17.9 Å². The molecule has 1 heterocycles. The molecule has 30 heavy (non-hydrogen) atoms. The molecule has 1 unspecified atom stereocenters. The largest absolute Gasteiger partial charge is 0.490 e. The third kappa shape index (κ3) is 3.33. The number of ether oxygens (including phenoxy) is 1. The van der Waals surface area contributed by atoms with Gasteiger partial charge in [-0.15, -0.1) is 0 Å². The first-order chi connectivity index (χ1) is 14.2. The standard InChI is InChI=1S/C22H23ClF2O3S2/c1-13(29)11-14-3-2-10-22(30(26,27)16-6-4-15(23)5-7-16)17(14)12-28-21-19(25)9-8-18(24)20(21)22/h4-9,13-14,17,29H,2-3,10-12H2,1H3/t13?,14-,17-,22-/m0/s1. The second kappa shape index (κ2) is 7.99. The Morgan fingerprint density at radius 2 is 1.87 bits per heavy atom. The first-order valence-corrected chi connectivity index (χ1v) is 12.4. The van der Waals surface area contributed by atoms with Crippen LogP contribution in [0.3, 0.4) is 0 Å². The summed E-state index contributed by atoms with van der Waals surface area (Å²) in [6.45, 7) is 1.97. The van der Waals surface area contributed by atoms with Crippen molar-refractivity contribution in [1.29, 1.82) is 0 Å². The van der Waals surface area contributed by atoms with Crippen molar-refractivity contribution in [2.75, 3.05) is 6.61 Å². The fourth-order valence-corrected chi connectivity index (χ4v) is 8.07. The lowest BCUT2D eigenvalue weighted by Crippen LogP contribution is -2.54. The minimum absolute atomic E-state index is 0.0192. The maximum absolute atomic E-state index is 15.2. The summed E-state index contributed by atoms with van der Waals surface area (Å²) in [7, 11) is -4.09. The summed E-state index contributed by atoms with van der Waals surface area (Å²) in [5, 5.41) is 0.445. The van der Waals surface area contributed by atoms with Crippen molar-refractivity contribution >= 4 is 34.1 Å². The fraction of sp³-hybridized carbons (Fsp3) is 0.455. The van der Waals surface area contributed by atoms with Gasteiger partial charge in [-0.3, -0.25) is 0 Å². The Morgan fingerprint density at radius 3 is 2.53 bits per heavy atom. The summed E-state index contributed by atoms with van der Waals surface area (Å²) in [5.41, 5.74) is -0.176. The molecule has 8 heteroatoms. The molecule has 1 fully saturated rings. The molecule has 2 aromatic rings. The predicted molar refractivity (Wildman–Crippen MR) is 116 cm³/mol. The zero-order valence-electron chi connectivity index (χ0n) is 16.4. The van der Waals surface area contributed by atoms with Gasteiger partial charge in [-0.05, 0) is 66.8 Å². The number of benzene rings is 2. The van der Waals surface area contributed by atoms with E-state index < -0.39 is 32.1 Å². The summed E-state index contributed by atoms with van der Waals surface area (Å²) in [5.74, 6) is -2.34. The second-order valence-electron chi connectivity index (χ2n) is 8.23. The van der Waals surface area contributed by atoms with Crippen LogP contribution in [0.4, 0.5) is 8.78 Å².